The number of hydrogen-bond donors (Lipinski definition) is 3. The van der Waals surface area contributed by atoms with Gasteiger partial charge in [0.15, 0.2) is 5.82 Å². The van der Waals surface area contributed by atoms with Crippen LogP contribution in [0.1, 0.15) is 29.8 Å². The zero-order valence-corrected chi connectivity index (χ0v) is 10.9. The van der Waals surface area contributed by atoms with Crippen molar-refractivity contribution >= 4 is 17.4 Å². The number of pyridine rings is 1. The molecule has 1 aliphatic heterocycles. The van der Waals surface area contributed by atoms with Crippen molar-refractivity contribution in [3.63, 3.8) is 0 Å². The first-order valence-electron chi connectivity index (χ1n) is 6.54. The van der Waals surface area contributed by atoms with E-state index in [1.54, 1.807) is 6.07 Å². The van der Waals surface area contributed by atoms with Crippen molar-refractivity contribution in [3.05, 3.63) is 17.8 Å². The smallest absolute Gasteiger partial charge is 0.267 e. The van der Waals surface area contributed by atoms with Gasteiger partial charge in [-0.25, -0.2) is 4.98 Å². The molecule has 1 aliphatic rings. The number of nitrogens with two attached hydrogens (primary N) is 2. The third-order valence-corrected chi connectivity index (χ3v) is 3.51. The lowest BCUT2D eigenvalue weighted by Gasteiger charge is -2.34. The first-order valence-corrected chi connectivity index (χ1v) is 6.54. The van der Waals surface area contributed by atoms with Crippen molar-refractivity contribution in [1.82, 2.24) is 4.98 Å². The first kappa shape index (κ1) is 13.6. The molecular formula is C13H20N4O2. The average Bonchev–Trinajstić information content (AvgIpc) is 2.39. The number of aromatic nitrogens is 1. The molecule has 1 aromatic rings. The third-order valence-electron chi connectivity index (χ3n) is 3.51. The molecule has 2 rings (SSSR count). The van der Waals surface area contributed by atoms with Gasteiger partial charge < -0.3 is 21.5 Å². The van der Waals surface area contributed by atoms with Crippen molar-refractivity contribution in [1.29, 1.82) is 0 Å². The lowest BCUT2D eigenvalue weighted by atomic mass is 9.95. The number of aliphatic hydroxyl groups is 1. The maximum Gasteiger partial charge on any atom is 0.267 e. The second kappa shape index (κ2) is 5.88. The van der Waals surface area contributed by atoms with E-state index >= 15 is 0 Å². The summed E-state index contributed by atoms with van der Waals surface area (Å²) in [6.45, 7) is 1.87. The Labute approximate surface area is 112 Å². The topological polar surface area (TPSA) is 105 Å². The van der Waals surface area contributed by atoms with Crippen molar-refractivity contribution in [2.24, 2.45) is 11.7 Å². The number of piperidine rings is 1. The molecule has 0 radical (unpaired) electrons. The summed E-state index contributed by atoms with van der Waals surface area (Å²) >= 11 is 0. The van der Waals surface area contributed by atoms with Crippen LogP contribution in [-0.2, 0) is 0 Å². The summed E-state index contributed by atoms with van der Waals surface area (Å²) in [6.07, 6.45) is 2.92. The molecule has 2 heterocycles. The van der Waals surface area contributed by atoms with Gasteiger partial charge in [0.05, 0.1) is 5.69 Å². The van der Waals surface area contributed by atoms with Crippen LogP contribution in [0.4, 0.5) is 11.5 Å². The maximum atomic E-state index is 11.2. The van der Waals surface area contributed by atoms with Crippen molar-refractivity contribution in [2.45, 2.75) is 19.3 Å². The second-order valence-electron chi connectivity index (χ2n) is 4.94. The molecule has 104 valence electrons. The van der Waals surface area contributed by atoms with E-state index in [4.69, 9.17) is 16.6 Å². The molecule has 1 aromatic heterocycles. The highest BCUT2D eigenvalue weighted by Gasteiger charge is 2.22. The Bertz CT molecular complexity index is 462. The lowest BCUT2D eigenvalue weighted by Crippen LogP contribution is -2.37. The average molecular weight is 264 g/mol. The minimum Gasteiger partial charge on any atom is -0.396 e. The summed E-state index contributed by atoms with van der Waals surface area (Å²) in [7, 11) is 0. The number of nitrogens with zero attached hydrogens (tertiary/aromatic N) is 2. The Hall–Kier alpha value is -1.82. The highest BCUT2D eigenvalue weighted by atomic mass is 16.3. The van der Waals surface area contributed by atoms with E-state index in [9.17, 15) is 4.79 Å². The molecule has 1 unspecified atom stereocenters. The lowest BCUT2D eigenvalue weighted by molar-refractivity contribution is 0.0995. The summed E-state index contributed by atoms with van der Waals surface area (Å²) < 4.78 is 0. The van der Waals surface area contributed by atoms with Gasteiger partial charge in [0.25, 0.3) is 5.91 Å². The standard InChI is InChI=1S/C13H20N4O2/c14-10-3-4-11(12(15)19)16-13(10)17-6-1-2-9(8-17)5-7-18/h3-4,9,18H,1-2,5-8,14H2,(H2,15,19). The van der Waals surface area contributed by atoms with Crippen molar-refractivity contribution in [2.75, 3.05) is 30.3 Å². The summed E-state index contributed by atoms with van der Waals surface area (Å²) in [5.74, 6) is 0.515. The molecule has 0 aromatic carbocycles. The minimum absolute atomic E-state index is 0.197. The van der Waals surface area contributed by atoms with Crippen LogP contribution in [0.25, 0.3) is 0 Å². The number of nitrogen functional groups attached to an aromatic ring is 1. The zero-order chi connectivity index (χ0) is 13.8. The fraction of sp³-hybridized carbons (Fsp3) is 0.538. The predicted octanol–water partition coefficient (Wildman–Crippen LogP) is 0.361. The van der Waals surface area contributed by atoms with Gasteiger partial charge in [0.1, 0.15) is 5.69 Å². The number of carbonyl (C=O) groups excluding carboxylic acids is 1. The van der Waals surface area contributed by atoms with Crippen molar-refractivity contribution in [3.8, 4) is 0 Å². The molecule has 1 fully saturated rings. The molecule has 0 bridgehead atoms. The van der Waals surface area contributed by atoms with Crippen LogP contribution in [0.3, 0.4) is 0 Å². The van der Waals surface area contributed by atoms with Gasteiger partial charge in [-0.3, -0.25) is 4.79 Å². The maximum absolute atomic E-state index is 11.2. The number of carbonyl (C=O) groups is 1. The van der Waals surface area contributed by atoms with Crippen LogP contribution in [0.5, 0.6) is 0 Å². The van der Waals surface area contributed by atoms with Crippen LogP contribution in [0, 0.1) is 5.92 Å². The molecule has 19 heavy (non-hydrogen) atoms. The number of anilines is 2. The monoisotopic (exact) mass is 264 g/mol. The number of aliphatic hydroxyl groups excluding tert-OH is 1. The van der Waals surface area contributed by atoms with Crippen LogP contribution in [0.2, 0.25) is 0 Å². The molecule has 1 saturated heterocycles. The van der Waals surface area contributed by atoms with E-state index in [1.807, 2.05) is 0 Å². The van der Waals surface area contributed by atoms with E-state index in [1.165, 1.54) is 6.07 Å². The normalized spacial score (nSPS) is 19.4. The van der Waals surface area contributed by atoms with Crippen molar-refractivity contribution < 1.29 is 9.90 Å². The van der Waals surface area contributed by atoms with Crippen LogP contribution < -0.4 is 16.4 Å². The number of rotatable bonds is 4. The summed E-state index contributed by atoms with van der Waals surface area (Å²) in [6, 6.07) is 3.20. The third kappa shape index (κ3) is 3.14. The Morgan fingerprint density at radius 2 is 2.32 bits per heavy atom. The fourth-order valence-electron chi connectivity index (χ4n) is 2.53. The van der Waals surface area contributed by atoms with E-state index in [0.717, 1.165) is 32.4 Å². The SMILES string of the molecule is NC(=O)c1ccc(N)c(N2CCCC(CCO)C2)n1. The van der Waals surface area contributed by atoms with E-state index in [-0.39, 0.29) is 12.3 Å². The number of primary amides is 1. The van der Waals surface area contributed by atoms with Gasteiger partial charge in [-0.2, -0.15) is 0 Å². The van der Waals surface area contributed by atoms with Gasteiger partial charge in [-0.1, -0.05) is 0 Å². The Morgan fingerprint density at radius 3 is 3.00 bits per heavy atom. The highest BCUT2D eigenvalue weighted by molar-refractivity contribution is 5.91. The van der Waals surface area contributed by atoms with Gasteiger partial charge in [0.2, 0.25) is 0 Å². The van der Waals surface area contributed by atoms with Crippen LogP contribution >= 0.6 is 0 Å². The summed E-state index contributed by atoms with van der Waals surface area (Å²) in [5.41, 5.74) is 12.0. The molecule has 6 heteroatoms. The molecule has 1 atom stereocenters. The largest absolute Gasteiger partial charge is 0.396 e. The highest BCUT2D eigenvalue weighted by Crippen LogP contribution is 2.27. The Kier molecular flexibility index (Phi) is 4.21. The first-order chi connectivity index (χ1) is 9.11. The van der Waals surface area contributed by atoms with Gasteiger partial charge in [0, 0.05) is 19.7 Å². The Morgan fingerprint density at radius 1 is 1.53 bits per heavy atom. The quantitative estimate of drug-likeness (QED) is 0.728. The zero-order valence-electron chi connectivity index (χ0n) is 10.9. The summed E-state index contributed by atoms with van der Waals surface area (Å²) in [4.78, 5) is 17.5. The summed E-state index contributed by atoms with van der Waals surface area (Å²) in [5, 5.41) is 9.03. The molecule has 0 aliphatic carbocycles. The van der Waals surface area contributed by atoms with Gasteiger partial charge in [-0.15, -0.1) is 0 Å². The molecule has 0 saturated carbocycles. The predicted molar refractivity (Wildman–Crippen MR) is 73.8 cm³/mol. The van der Waals surface area contributed by atoms with E-state index in [2.05, 4.69) is 9.88 Å². The number of amides is 1. The van der Waals surface area contributed by atoms with Gasteiger partial charge in [-0.05, 0) is 37.3 Å². The molecule has 0 spiro atoms. The molecular weight excluding hydrogens is 244 g/mol. The molecule has 5 N–H and O–H groups in total. The van der Waals surface area contributed by atoms with E-state index in [0.29, 0.717) is 17.4 Å². The minimum atomic E-state index is -0.551. The van der Waals surface area contributed by atoms with E-state index < -0.39 is 5.91 Å². The fourth-order valence-corrected chi connectivity index (χ4v) is 2.53. The van der Waals surface area contributed by atoms with Crippen LogP contribution in [-0.4, -0.2) is 35.7 Å². The second-order valence-corrected chi connectivity index (χ2v) is 4.94. The molecule has 1 amide bonds. The number of hydrogen-bond acceptors (Lipinski definition) is 5. The van der Waals surface area contributed by atoms with Gasteiger partial charge >= 0.3 is 0 Å². The molecule has 6 nitrogen and oxygen atoms in total. The van der Waals surface area contributed by atoms with Crippen LogP contribution in [0.15, 0.2) is 12.1 Å². The Balaban J connectivity index is 2.20.